The van der Waals surface area contributed by atoms with Gasteiger partial charge in [0.25, 0.3) is 0 Å². The lowest BCUT2D eigenvalue weighted by Crippen LogP contribution is -2.00. The van der Waals surface area contributed by atoms with Crippen LogP contribution in [0.15, 0.2) is 24.3 Å². The molecule has 0 fully saturated rings. The molecule has 17 heavy (non-hydrogen) atoms. The second kappa shape index (κ2) is 8.91. The molecule has 1 aromatic carbocycles. The number of nitriles is 1. The minimum Gasteiger partial charge on any atom is -0.494 e. The van der Waals surface area contributed by atoms with E-state index in [4.69, 9.17) is 14.7 Å². The van der Waals surface area contributed by atoms with E-state index >= 15 is 0 Å². The molecule has 0 unspecified atom stereocenters. The predicted octanol–water partition coefficient (Wildman–Crippen LogP) is 2.71. The molecule has 1 rings (SSSR count). The Hall–Kier alpha value is -1.18. The quantitative estimate of drug-likeness (QED) is 0.666. The molecular weight excluding hydrogens is 234 g/mol. The van der Waals surface area contributed by atoms with Gasteiger partial charge in [-0.25, -0.2) is 0 Å². The summed E-state index contributed by atoms with van der Waals surface area (Å²) in [5.41, 5.74) is 0.660. The van der Waals surface area contributed by atoms with Crippen molar-refractivity contribution >= 4 is 11.8 Å². The van der Waals surface area contributed by atoms with Gasteiger partial charge in [0.1, 0.15) is 5.75 Å². The van der Waals surface area contributed by atoms with Crippen LogP contribution >= 0.6 is 11.8 Å². The van der Waals surface area contributed by atoms with Crippen molar-refractivity contribution in [1.82, 2.24) is 0 Å². The molecule has 4 heteroatoms. The molecule has 0 aromatic heterocycles. The number of hydrogen-bond donors (Lipinski definition) is 0. The predicted molar refractivity (Wildman–Crippen MR) is 70.5 cm³/mol. The van der Waals surface area contributed by atoms with Gasteiger partial charge in [0.2, 0.25) is 0 Å². The van der Waals surface area contributed by atoms with E-state index in [1.165, 1.54) is 0 Å². The van der Waals surface area contributed by atoms with Gasteiger partial charge in [0, 0.05) is 12.9 Å². The van der Waals surface area contributed by atoms with Crippen LogP contribution in [-0.4, -0.2) is 31.8 Å². The minimum atomic E-state index is 0.660. The molecule has 0 atom stereocenters. The average molecular weight is 251 g/mol. The number of hydrogen-bond acceptors (Lipinski definition) is 4. The molecule has 0 aliphatic heterocycles. The maximum atomic E-state index is 8.64. The zero-order chi connectivity index (χ0) is 12.3. The fourth-order valence-corrected chi connectivity index (χ4v) is 2.03. The Morgan fingerprint density at radius 2 is 1.94 bits per heavy atom. The highest BCUT2D eigenvalue weighted by Gasteiger charge is 1.95. The van der Waals surface area contributed by atoms with E-state index < -0.39 is 0 Å². The summed E-state index contributed by atoms with van der Waals surface area (Å²) in [5, 5.41) is 8.64. The summed E-state index contributed by atoms with van der Waals surface area (Å²) < 4.78 is 10.5. The van der Waals surface area contributed by atoms with Crippen LogP contribution in [0, 0.1) is 11.3 Å². The molecule has 0 saturated carbocycles. The Kier molecular flexibility index (Phi) is 7.28. The van der Waals surface area contributed by atoms with Crippen molar-refractivity contribution in [2.45, 2.75) is 6.42 Å². The van der Waals surface area contributed by atoms with Crippen molar-refractivity contribution < 1.29 is 9.47 Å². The van der Waals surface area contributed by atoms with Gasteiger partial charge >= 0.3 is 0 Å². The van der Waals surface area contributed by atoms with Crippen molar-refractivity contribution in [3.63, 3.8) is 0 Å². The Morgan fingerprint density at radius 3 is 2.59 bits per heavy atom. The van der Waals surface area contributed by atoms with Gasteiger partial charge in [0.15, 0.2) is 0 Å². The maximum Gasteiger partial charge on any atom is 0.119 e. The second-order valence-electron chi connectivity index (χ2n) is 3.44. The first kappa shape index (κ1) is 13.9. The Bertz CT molecular complexity index is 345. The third kappa shape index (κ3) is 6.20. The second-order valence-corrected chi connectivity index (χ2v) is 4.67. The van der Waals surface area contributed by atoms with Crippen molar-refractivity contribution in [3.05, 3.63) is 29.8 Å². The molecule has 3 nitrogen and oxygen atoms in total. The number of thioether (sulfide) groups is 1. The number of benzene rings is 1. The number of rotatable bonds is 8. The lowest BCUT2D eigenvalue weighted by Gasteiger charge is -2.05. The van der Waals surface area contributed by atoms with Gasteiger partial charge in [-0.05, 0) is 36.4 Å². The maximum absolute atomic E-state index is 8.64. The number of ether oxygens (including phenoxy) is 2. The van der Waals surface area contributed by atoms with Gasteiger partial charge in [-0.1, -0.05) is 0 Å². The molecule has 0 aliphatic carbocycles. The number of methoxy groups -OCH3 is 1. The van der Waals surface area contributed by atoms with E-state index in [0.29, 0.717) is 12.2 Å². The molecule has 0 spiro atoms. The van der Waals surface area contributed by atoms with E-state index in [1.807, 2.05) is 23.9 Å². The first-order chi connectivity index (χ1) is 8.36. The van der Waals surface area contributed by atoms with Crippen LogP contribution in [0.25, 0.3) is 0 Å². The molecule has 0 N–H and O–H groups in total. The molecule has 92 valence electrons. The molecule has 0 bridgehead atoms. The fourth-order valence-electron chi connectivity index (χ4n) is 1.22. The largest absolute Gasteiger partial charge is 0.494 e. The monoisotopic (exact) mass is 251 g/mol. The van der Waals surface area contributed by atoms with Crippen molar-refractivity contribution in [1.29, 1.82) is 5.26 Å². The molecule has 0 saturated heterocycles. The van der Waals surface area contributed by atoms with Gasteiger partial charge in [-0.15, -0.1) is 0 Å². The Balaban J connectivity index is 2.08. The van der Waals surface area contributed by atoms with Crippen LogP contribution in [0.3, 0.4) is 0 Å². The minimum absolute atomic E-state index is 0.660. The van der Waals surface area contributed by atoms with Gasteiger partial charge in [-0.2, -0.15) is 17.0 Å². The summed E-state index contributed by atoms with van der Waals surface area (Å²) in [6.45, 7) is 1.52. The molecular formula is C13H17NO2S. The standard InChI is InChI=1S/C13H17NO2S/c1-15-8-10-17-9-2-7-16-13-5-3-12(11-14)4-6-13/h3-6H,2,7-10H2,1H3. The topological polar surface area (TPSA) is 42.2 Å². The molecule has 0 aliphatic rings. The first-order valence-corrected chi connectivity index (χ1v) is 6.72. The summed E-state index contributed by atoms with van der Waals surface area (Å²) in [5.74, 6) is 2.94. The van der Waals surface area contributed by atoms with Crippen molar-refractivity contribution in [2.24, 2.45) is 0 Å². The molecule has 0 amide bonds. The number of nitrogens with zero attached hydrogens (tertiary/aromatic N) is 1. The Morgan fingerprint density at radius 1 is 1.18 bits per heavy atom. The first-order valence-electron chi connectivity index (χ1n) is 5.56. The fraction of sp³-hybridized carbons (Fsp3) is 0.462. The zero-order valence-electron chi connectivity index (χ0n) is 10.0. The van der Waals surface area contributed by atoms with Crippen molar-refractivity contribution in [3.8, 4) is 11.8 Å². The highest BCUT2D eigenvalue weighted by molar-refractivity contribution is 7.99. The van der Waals surface area contributed by atoms with Gasteiger partial charge < -0.3 is 9.47 Å². The molecule has 0 heterocycles. The van der Waals surface area contributed by atoms with E-state index in [2.05, 4.69) is 6.07 Å². The van der Waals surface area contributed by atoms with E-state index in [1.54, 1.807) is 19.2 Å². The van der Waals surface area contributed by atoms with Crippen LogP contribution in [0.5, 0.6) is 5.75 Å². The lowest BCUT2D eigenvalue weighted by molar-refractivity contribution is 0.218. The highest BCUT2D eigenvalue weighted by atomic mass is 32.2. The Labute approximate surface area is 107 Å². The SMILES string of the molecule is COCCSCCCOc1ccc(C#N)cc1. The van der Waals surface area contributed by atoms with Crippen LogP contribution in [0.1, 0.15) is 12.0 Å². The van der Waals surface area contributed by atoms with E-state index in [-0.39, 0.29) is 0 Å². The molecule has 0 radical (unpaired) electrons. The van der Waals surface area contributed by atoms with Crippen LogP contribution in [0.2, 0.25) is 0 Å². The smallest absolute Gasteiger partial charge is 0.119 e. The zero-order valence-corrected chi connectivity index (χ0v) is 10.8. The summed E-state index contributed by atoms with van der Waals surface area (Å²) >= 11 is 1.87. The summed E-state index contributed by atoms with van der Waals surface area (Å²) in [6.07, 6.45) is 1.02. The third-order valence-electron chi connectivity index (χ3n) is 2.12. The van der Waals surface area contributed by atoms with Crippen LogP contribution in [0.4, 0.5) is 0 Å². The van der Waals surface area contributed by atoms with Gasteiger partial charge in [0.05, 0.1) is 24.8 Å². The summed E-state index contributed by atoms with van der Waals surface area (Å²) in [4.78, 5) is 0. The lowest BCUT2D eigenvalue weighted by atomic mass is 10.2. The summed E-state index contributed by atoms with van der Waals surface area (Å²) in [6, 6.07) is 9.27. The highest BCUT2D eigenvalue weighted by Crippen LogP contribution is 2.12. The summed E-state index contributed by atoms with van der Waals surface area (Å²) in [7, 11) is 1.72. The van der Waals surface area contributed by atoms with E-state index in [9.17, 15) is 0 Å². The molecule has 1 aromatic rings. The van der Waals surface area contributed by atoms with Crippen LogP contribution < -0.4 is 4.74 Å². The van der Waals surface area contributed by atoms with Crippen molar-refractivity contribution in [2.75, 3.05) is 31.8 Å². The average Bonchev–Trinajstić information content (AvgIpc) is 2.38. The normalized spacial score (nSPS) is 9.88. The van der Waals surface area contributed by atoms with Crippen LogP contribution in [-0.2, 0) is 4.74 Å². The van der Waals surface area contributed by atoms with E-state index in [0.717, 1.165) is 30.3 Å². The third-order valence-corrected chi connectivity index (χ3v) is 3.15. The van der Waals surface area contributed by atoms with Gasteiger partial charge in [-0.3, -0.25) is 0 Å².